The molecular formula is C10H18N2O3. The molecule has 0 unspecified atom stereocenters. The lowest BCUT2D eigenvalue weighted by atomic mass is 10.2. The monoisotopic (exact) mass is 214 g/mol. The van der Waals surface area contributed by atoms with Crippen LogP contribution in [0.2, 0.25) is 0 Å². The Morgan fingerprint density at radius 3 is 2.40 bits per heavy atom. The molecule has 0 radical (unpaired) electrons. The van der Waals surface area contributed by atoms with E-state index in [1.807, 2.05) is 0 Å². The van der Waals surface area contributed by atoms with Gasteiger partial charge in [0, 0.05) is 20.2 Å². The van der Waals surface area contributed by atoms with Crippen LogP contribution in [0.3, 0.4) is 0 Å². The highest BCUT2D eigenvalue weighted by atomic mass is 16.3. The van der Waals surface area contributed by atoms with E-state index >= 15 is 0 Å². The third-order valence-corrected chi connectivity index (χ3v) is 2.52. The molecule has 1 aliphatic heterocycles. The van der Waals surface area contributed by atoms with Crippen LogP contribution in [0, 0.1) is 0 Å². The summed E-state index contributed by atoms with van der Waals surface area (Å²) in [4.78, 5) is 25.5. The first-order valence-corrected chi connectivity index (χ1v) is 5.33. The number of rotatable bonds is 6. The second-order valence-electron chi connectivity index (χ2n) is 3.82. The van der Waals surface area contributed by atoms with Gasteiger partial charge in [-0.2, -0.15) is 0 Å². The van der Waals surface area contributed by atoms with Crippen molar-refractivity contribution in [1.29, 1.82) is 0 Å². The van der Waals surface area contributed by atoms with Crippen LogP contribution < -0.4 is 0 Å². The highest BCUT2D eigenvalue weighted by Crippen LogP contribution is 2.10. The van der Waals surface area contributed by atoms with Crippen molar-refractivity contribution in [2.45, 2.75) is 25.7 Å². The Bertz CT molecular complexity index is 243. The lowest BCUT2D eigenvalue weighted by Crippen LogP contribution is -2.32. The van der Waals surface area contributed by atoms with Crippen LogP contribution in [0.5, 0.6) is 0 Å². The molecule has 0 aromatic rings. The number of nitrogens with zero attached hydrogens (tertiary/aromatic N) is 2. The molecule has 1 saturated heterocycles. The highest BCUT2D eigenvalue weighted by Gasteiger charge is 2.32. The average molecular weight is 214 g/mol. The molecule has 3 amide bonds. The topological polar surface area (TPSA) is 60.9 Å². The first-order chi connectivity index (χ1) is 7.16. The van der Waals surface area contributed by atoms with Crippen LogP contribution in [0.25, 0.3) is 0 Å². The number of carbonyl (C=O) groups excluding carboxylic acids is 2. The number of imide groups is 1. The van der Waals surface area contributed by atoms with Gasteiger partial charge in [0.05, 0.1) is 0 Å². The maximum Gasteiger partial charge on any atom is 0.326 e. The van der Waals surface area contributed by atoms with Gasteiger partial charge < -0.3 is 10.0 Å². The third-order valence-electron chi connectivity index (χ3n) is 2.52. The van der Waals surface area contributed by atoms with Gasteiger partial charge in [-0.15, -0.1) is 0 Å². The van der Waals surface area contributed by atoms with Crippen LogP contribution in [-0.2, 0) is 4.79 Å². The number of amides is 3. The van der Waals surface area contributed by atoms with Crippen molar-refractivity contribution in [3.63, 3.8) is 0 Å². The van der Waals surface area contributed by atoms with E-state index in [2.05, 4.69) is 0 Å². The Labute approximate surface area is 89.7 Å². The third kappa shape index (κ3) is 3.20. The summed E-state index contributed by atoms with van der Waals surface area (Å²) in [5.74, 6) is -0.107. The van der Waals surface area contributed by atoms with E-state index in [9.17, 15) is 9.59 Å². The summed E-state index contributed by atoms with van der Waals surface area (Å²) in [5, 5.41) is 8.57. The van der Waals surface area contributed by atoms with Gasteiger partial charge in [-0.1, -0.05) is 12.8 Å². The first kappa shape index (κ1) is 12.0. The van der Waals surface area contributed by atoms with Gasteiger partial charge in [-0.25, -0.2) is 4.79 Å². The van der Waals surface area contributed by atoms with E-state index in [0.29, 0.717) is 6.54 Å². The minimum atomic E-state index is -0.192. The number of likely N-dealkylation sites (N-methyl/N-ethyl adjacent to an activating group) is 1. The molecule has 86 valence electrons. The fraction of sp³-hybridized carbons (Fsp3) is 0.800. The molecule has 0 spiro atoms. The summed E-state index contributed by atoms with van der Waals surface area (Å²) in [6.45, 7) is 0.924. The number of aliphatic hydroxyl groups is 1. The summed E-state index contributed by atoms with van der Waals surface area (Å²) in [6.07, 6.45) is 3.51. The minimum absolute atomic E-state index is 0.107. The second kappa shape index (κ2) is 5.70. The molecular weight excluding hydrogens is 196 g/mol. The fourth-order valence-electron chi connectivity index (χ4n) is 1.62. The van der Waals surface area contributed by atoms with Gasteiger partial charge in [-0.05, 0) is 12.8 Å². The number of unbranched alkanes of at least 4 members (excludes halogenated alkanes) is 3. The van der Waals surface area contributed by atoms with Gasteiger partial charge in [-0.3, -0.25) is 9.69 Å². The second-order valence-corrected chi connectivity index (χ2v) is 3.82. The van der Waals surface area contributed by atoms with Crippen molar-refractivity contribution in [2.75, 3.05) is 26.7 Å². The standard InChI is InChI=1S/C10H18N2O3/c1-11-8-9(14)12(10(11)15)6-4-2-3-5-7-13/h13H,2-8H2,1H3. The van der Waals surface area contributed by atoms with E-state index in [0.717, 1.165) is 25.7 Å². The molecule has 0 aliphatic carbocycles. The van der Waals surface area contributed by atoms with Crippen molar-refractivity contribution in [3.8, 4) is 0 Å². The summed E-state index contributed by atoms with van der Waals surface area (Å²) in [6, 6.07) is -0.192. The lowest BCUT2D eigenvalue weighted by molar-refractivity contribution is -0.125. The Hall–Kier alpha value is -1.10. The number of carbonyl (C=O) groups is 2. The molecule has 0 aromatic carbocycles. The predicted molar refractivity (Wildman–Crippen MR) is 55.3 cm³/mol. The zero-order valence-corrected chi connectivity index (χ0v) is 9.11. The van der Waals surface area contributed by atoms with Crippen molar-refractivity contribution >= 4 is 11.9 Å². The van der Waals surface area contributed by atoms with Crippen molar-refractivity contribution in [2.24, 2.45) is 0 Å². The van der Waals surface area contributed by atoms with Crippen LogP contribution >= 0.6 is 0 Å². The maximum absolute atomic E-state index is 11.4. The lowest BCUT2D eigenvalue weighted by Gasteiger charge is -2.13. The number of hydrogen-bond acceptors (Lipinski definition) is 3. The molecule has 1 rings (SSSR count). The molecule has 1 heterocycles. The predicted octanol–water partition coefficient (Wildman–Crippen LogP) is 0.433. The zero-order chi connectivity index (χ0) is 11.3. The number of aliphatic hydroxyl groups excluding tert-OH is 1. The smallest absolute Gasteiger partial charge is 0.326 e. The van der Waals surface area contributed by atoms with Crippen LogP contribution in [0.15, 0.2) is 0 Å². The summed E-state index contributed by atoms with van der Waals surface area (Å²) in [7, 11) is 1.63. The average Bonchev–Trinajstić information content (AvgIpc) is 2.44. The summed E-state index contributed by atoms with van der Waals surface area (Å²) >= 11 is 0. The molecule has 5 nitrogen and oxygen atoms in total. The van der Waals surface area contributed by atoms with Gasteiger partial charge in [0.25, 0.3) is 0 Å². The van der Waals surface area contributed by atoms with Gasteiger partial charge in [0.1, 0.15) is 6.54 Å². The fourth-order valence-corrected chi connectivity index (χ4v) is 1.62. The van der Waals surface area contributed by atoms with Crippen molar-refractivity contribution < 1.29 is 14.7 Å². The molecule has 0 saturated carbocycles. The largest absolute Gasteiger partial charge is 0.396 e. The Kier molecular flexibility index (Phi) is 4.55. The summed E-state index contributed by atoms with van der Waals surface area (Å²) < 4.78 is 0. The van der Waals surface area contributed by atoms with E-state index < -0.39 is 0 Å². The van der Waals surface area contributed by atoms with Crippen LogP contribution in [-0.4, -0.2) is 53.6 Å². The summed E-state index contributed by atoms with van der Waals surface area (Å²) in [5.41, 5.74) is 0. The van der Waals surface area contributed by atoms with Crippen molar-refractivity contribution in [1.82, 2.24) is 9.80 Å². The quantitative estimate of drug-likeness (QED) is 0.515. The first-order valence-electron chi connectivity index (χ1n) is 5.33. The zero-order valence-electron chi connectivity index (χ0n) is 9.11. The normalized spacial score (nSPS) is 16.7. The minimum Gasteiger partial charge on any atom is -0.396 e. The van der Waals surface area contributed by atoms with E-state index in [4.69, 9.17) is 5.11 Å². The molecule has 0 aromatic heterocycles. The highest BCUT2D eigenvalue weighted by molar-refractivity contribution is 6.01. The SMILES string of the molecule is CN1CC(=O)N(CCCCCCO)C1=O. The molecule has 15 heavy (non-hydrogen) atoms. The van der Waals surface area contributed by atoms with Gasteiger partial charge in [0.2, 0.25) is 5.91 Å². The van der Waals surface area contributed by atoms with E-state index in [1.54, 1.807) is 7.05 Å². The molecule has 0 atom stereocenters. The molecule has 1 aliphatic rings. The van der Waals surface area contributed by atoms with Crippen LogP contribution in [0.4, 0.5) is 4.79 Å². The molecule has 1 fully saturated rings. The maximum atomic E-state index is 11.4. The Morgan fingerprint density at radius 2 is 1.87 bits per heavy atom. The van der Waals surface area contributed by atoms with Crippen molar-refractivity contribution in [3.05, 3.63) is 0 Å². The molecule has 5 heteroatoms. The van der Waals surface area contributed by atoms with E-state index in [1.165, 1.54) is 9.80 Å². The van der Waals surface area contributed by atoms with Gasteiger partial charge >= 0.3 is 6.03 Å². The number of urea groups is 1. The van der Waals surface area contributed by atoms with Gasteiger partial charge in [0.15, 0.2) is 0 Å². The number of hydrogen-bond donors (Lipinski definition) is 1. The Morgan fingerprint density at radius 1 is 1.20 bits per heavy atom. The van der Waals surface area contributed by atoms with Crippen LogP contribution in [0.1, 0.15) is 25.7 Å². The molecule has 0 bridgehead atoms. The Balaban J connectivity index is 2.21. The van der Waals surface area contributed by atoms with E-state index in [-0.39, 0.29) is 25.1 Å². The molecule has 1 N–H and O–H groups in total.